The van der Waals surface area contributed by atoms with Gasteiger partial charge in [0.2, 0.25) is 0 Å². The molecule has 1 aromatic carbocycles. The molecule has 180 valence electrons. The maximum atomic E-state index is 12.9. The Morgan fingerprint density at radius 1 is 0.788 bits per heavy atom. The van der Waals surface area contributed by atoms with Gasteiger partial charge in [0.05, 0.1) is 0 Å². The molecular weight excluding hydrogens is 503 g/mol. The quantitative estimate of drug-likeness (QED) is 0.272. The van der Waals surface area contributed by atoms with Crippen LogP contribution in [0, 0.1) is 6.92 Å². The maximum absolute atomic E-state index is 12.9. The molecule has 0 spiro atoms. The van der Waals surface area contributed by atoms with Crippen LogP contribution in [0.2, 0.25) is 0 Å². The van der Waals surface area contributed by atoms with Crippen LogP contribution in [-0.2, 0) is 42.9 Å². The number of benzene rings is 1. The number of ether oxygens (including phenoxy) is 5. The van der Waals surface area contributed by atoms with Gasteiger partial charge in [-0.25, -0.2) is 0 Å². The monoisotopic (exact) mass is 530 g/mol. The predicted molar refractivity (Wildman–Crippen MR) is 113 cm³/mol. The van der Waals surface area contributed by atoms with Crippen LogP contribution in [0.5, 0.6) is 0 Å². The Morgan fingerprint density at radius 2 is 1.30 bits per heavy atom. The van der Waals surface area contributed by atoms with E-state index in [2.05, 4.69) is 0 Å². The zero-order valence-electron chi connectivity index (χ0n) is 18.9. The van der Waals surface area contributed by atoms with Crippen LogP contribution in [-0.4, -0.2) is 79.5 Å². The first kappa shape index (κ1) is 26.5. The summed E-state index contributed by atoms with van der Waals surface area (Å²) in [6, 6.07) is 6.92. The van der Waals surface area contributed by atoms with E-state index in [1.807, 2.05) is 6.92 Å². The van der Waals surface area contributed by atoms with E-state index in [1.54, 1.807) is 24.3 Å². The molecule has 0 saturated carbocycles. The molecule has 1 aromatic rings. The van der Waals surface area contributed by atoms with Crippen molar-refractivity contribution in [3.8, 4) is 0 Å². The van der Waals surface area contributed by atoms with Gasteiger partial charge in [-0.3, -0.25) is 0 Å². The number of rotatable bonds is 8. The average molecular weight is 529 g/mol. The molecule has 11 heteroatoms. The van der Waals surface area contributed by atoms with Crippen molar-refractivity contribution in [1.29, 1.82) is 0 Å². The van der Waals surface area contributed by atoms with E-state index in [0.29, 0.717) is 5.56 Å². The standard InChI is InChI=1S/C22H26O10Se/c1-11-6-8-16(9-7-11)21(27)33-22-20(31-15(5)26)19(30-14(4)25)18(29-13(3)24)17(32-22)10-28-12(2)23/h6-9,17-20,22H,10H2,1-5H3/t17-,18+,19+,20-,22-/m1/s1. The molecular formula is C22H26O10Se. The summed E-state index contributed by atoms with van der Waals surface area (Å²) in [5.41, 5.74) is 1.42. The van der Waals surface area contributed by atoms with Gasteiger partial charge in [0.15, 0.2) is 0 Å². The Labute approximate surface area is 197 Å². The molecule has 0 amide bonds. The van der Waals surface area contributed by atoms with E-state index in [9.17, 15) is 24.0 Å². The topological polar surface area (TPSA) is 132 Å². The van der Waals surface area contributed by atoms with Crippen LogP contribution in [0.1, 0.15) is 43.6 Å². The second-order valence-electron chi connectivity index (χ2n) is 7.34. The molecule has 2 rings (SSSR count). The number of aryl methyl sites for hydroxylation is 1. The van der Waals surface area contributed by atoms with E-state index in [4.69, 9.17) is 23.7 Å². The Hall–Kier alpha value is -2.75. The van der Waals surface area contributed by atoms with Crippen LogP contribution < -0.4 is 0 Å². The van der Waals surface area contributed by atoms with Gasteiger partial charge < -0.3 is 0 Å². The summed E-state index contributed by atoms with van der Waals surface area (Å²) in [5, 5.41) is -1.01. The summed E-state index contributed by atoms with van der Waals surface area (Å²) in [6.07, 6.45) is -4.80. The molecule has 0 aromatic heterocycles. The van der Waals surface area contributed by atoms with Gasteiger partial charge in [0.25, 0.3) is 0 Å². The third-order valence-corrected chi connectivity index (χ3v) is 6.69. The fourth-order valence-electron chi connectivity index (χ4n) is 3.15. The molecule has 1 saturated heterocycles. The molecule has 0 unspecified atom stereocenters. The minimum atomic E-state index is -1.28. The first-order valence-electron chi connectivity index (χ1n) is 10.1. The Kier molecular flexibility index (Phi) is 9.57. The van der Waals surface area contributed by atoms with Crippen LogP contribution >= 0.6 is 0 Å². The molecule has 0 bridgehead atoms. The fraction of sp³-hybridized carbons (Fsp3) is 0.500. The number of hydrogen-bond donors (Lipinski definition) is 0. The number of esters is 4. The molecule has 1 heterocycles. The fourth-order valence-corrected chi connectivity index (χ4v) is 5.30. The molecule has 0 radical (unpaired) electrons. The van der Waals surface area contributed by atoms with Crippen molar-refractivity contribution >= 4 is 43.5 Å². The van der Waals surface area contributed by atoms with Crippen LogP contribution in [0.3, 0.4) is 0 Å². The van der Waals surface area contributed by atoms with Crippen molar-refractivity contribution in [2.45, 2.75) is 64.0 Å². The van der Waals surface area contributed by atoms with E-state index in [-0.39, 0.29) is 11.3 Å². The minimum absolute atomic E-state index is 0.247. The Bertz CT molecular complexity index is 897. The van der Waals surface area contributed by atoms with Crippen molar-refractivity contribution in [3.63, 3.8) is 0 Å². The van der Waals surface area contributed by atoms with E-state index >= 15 is 0 Å². The summed E-state index contributed by atoms with van der Waals surface area (Å²) >= 11 is -0.941. The van der Waals surface area contributed by atoms with Crippen LogP contribution in [0.25, 0.3) is 0 Å². The van der Waals surface area contributed by atoms with Gasteiger partial charge in [0, 0.05) is 0 Å². The molecule has 5 atom stereocenters. The van der Waals surface area contributed by atoms with E-state index < -0.39 is 68.3 Å². The predicted octanol–water partition coefficient (Wildman–Crippen LogP) is 0.923. The van der Waals surface area contributed by atoms with Crippen molar-refractivity contribution in [2.75, 3.05) is 6.61 Å². The second-order valence-corrected chi connectivity index (χ2v) is 9.59. The van der Waals surface area contributed by atoms with Gasteiger partial charge in [-0.05, 0) is 0 Å². The van der Waals surface area contributed by atoms with Gasteiger partial charge in [-0.1, -0.05) is 0 Å². The van der Waals surface area contributed by atoms with Crippen molar-refractivity contribution in [3.05, 3.63) is 35.4 Å². The molecule has 0 N–H and O–H groups in total. The molecule has 10 nitrogen and oxygen atoms in total. The molecule has 1 aliphatic rings. The summed E-state index contributed by atoms with van der Waals surface area (Å²) in [4.78, 5) is 59.7. The summed E-state index contributed by atoms with van der Waals surface area (Å²) in [7, 11) is 0. The Morgan fingerprint density at radius 3 is 1.82 bits per heavy atom. The summed E-state index contributed by atoms with van der Waals surface area (Å²) < 4.78 is 26.8. The van der Waals surface area contributed by atoms with Crippen LogP contribution in [0.4, 0.5) is 0 Å². The number of carbonyl (C=O) groups excluding carboxylic acids is 5. The first-order valence-corrected chi connectivity index (χ1v) is 11.9. The van der Waals surface area contributed by atoms with Crippen molar-refractivity contribution < 1.29 is 47.7 Å². The molecule has 1 aliphatic heterocycles. The van der Waals surface area contributed by atoms with Crippen LogP contribution in [0.15, 0.2) is 24.3 Å². The Balaban J connectivity index is 2.42. The van der Waals surface area contributed by atoms with E-state index in [1.165, 1.54) is 6.92 Å². The van der Waals surface area contributed by atoms with E-state index in [0.717, 1.165) is 26.3 Å². The van der Waals surface area contributed by atoms with Crippen molar-refractivity contribution in [1.82, 2.24) is 0 Å². The molecule has 0 aliphatic carbocycles. The zero-order valence-corrected chi connectivity index (χ0v) is 20.6. The number of carbonyl (C=O) groups is 5. The third-order valence-electron chi connectivity index (χ3n) is 4.46. The van der Waals surface area contributed by atoms with Crippen molar-refractivity contribution in [2.24, 2.45) is 0 Å². The molecule has 33 heavy (non-hydrogen) atoms. The average Bonchev–Trinajstić information content (AvgIpc) is 2.70. The van der Waals surface area contributed by atoms with Gasteiger partial charge >= 0.3 is 197 Å². The second kappa shape index (κ2) is 11.9. The van der Waals surface area contributed by atoms with Gasteiger partial charge in [-0.2, -0.15) is 0 Å². The zero-order chi connectivity index (χ0) is 24.7. The number of hydrogen-bond acceptors (Lipinski definition) is 10. The summed E-state index contributed by atoms with van der Waals surface area (Å²) in [6.45, 7) is 6.19. The van der Waals surface area contributed by atoms with Gasteiger partial charge in [-0.15, -0.1) is 0 Å². The first-order chi connectivity index (χ1) is 15.5. The SMILES string of the molecule is CC(=O)OC[C@H]1O[C@H]([Se]C(=O)c2ccc(C)cc2)[C@H](OC(C)=O)[C@@H](OC(C)=O)[C@H]1OC(C)=O. The summed E-state index contributed by atoms with van der Waals surface area (Å²) in [5.74, 6) is -2.75. The normalized spacial score (nSPS) is 24.3. The van der Waals surface area contributed by atoms with Gasteiger partial charge in [0.1, 0.15) is 0 Å². The molecule has 1 fully saturated rings. The third kappa shape index (κ3) is 7.96.